The Morgan fingerprint density at radius 1 is 1.18 bits per heavy atom. The lowest BCUT2D eigenvalue weighted by Gasteiger charge is -2.14. The molecule has 8 heteroatoms. The second-order valence-corrected chi connectivity index (χ2v) is 8.67. The number of nitrogens with two attached hydrogens (primary N) is 1. The predicted octanol–water partition coefficient (Wildman–Crippen LogP) is 4.63. The van der Waals surface area contributed by atoms with E-state index in [1.807, 2.05) is 55.5 Å². The van der Waals surface area contributed by atoms with E-state index in [-0.39, 0.29) is 23.9 Å². The van der Waals surface area contributed by atoms with Crippen molar-refractivity contribution in [3.05, 3.63) is 83.4 Å². The van der Waals surface area contributed by atoms with Crippen LogP contribution in [0.5, 0.6) is 5.75 Å². The second-order valence-electron chi connectivity index (χ2n) is 8.67. The lowest BCUT2D eigenvalue weighted by Crippen LogP contribution is -2.29. The molecule has 172 valence electrons. The molecule has 0 atom stereocenters. The van der Waals surface area contributed by atoms with Gasteiger partial charge in [-0.3, -0.25) is 5.32 Å². The number of allylic oxidation sites excluding steroid dienone is 1. The summed E-state index contributed by atoms with van der Waals surface area (Å²) < 4.78 is 7.30. The van der Waals surface area contributed by atoms with Gasteiger partial charge in [0, 0.05) is 35.9 Å². The molecule has 0 spiro atoms. The summed E-state index contributed by atoms with van der Waals surface area (Å²) in [4.78, 5) is 12.7. The summed E-state index contributed by atoms with van der Waals surface area (Å²) in [6.45, 7) is 8.48. The van der Waals surface area contributed by atoms with Crippen LogP contribution in [0.4, 0.5) is 10.6 Å². The third-order valence-corrected chi connectivity index (χ3v) is 4.89. The Kier molecular flexibility index (Phi) is 7.17. The van der Waals surface area contributed by atoms with E-state index in [0.29, 0.717) is 11.6 Å². The van der Waals surface area contributed by atoms with E-state index in [2.05, 4.69) is 31.4 Å². The molecule has 0 aliphatic rings. The first-order valence-corrected chi connectivity index (χ1v) is 10.6. The fourth-order valence-corrected chi connectivity index (χ4v) is 3.05. The molecule has 0 saturated heterocycles. The Labute approximate surface area is 194 Å². The maximum absolute atomic E-state index is 12.7. The van der Waals surface area contributed by atoms with Crippen LogP contribution in [0.25, 0.3) is 5.69 Å². The van der Waals surface area contributed by atoms with Crippen LogP contribution in [0.15, 0.2) is 66.6 Å². The molecule has 1 heterocycles. The lowest BCUT2D eigenvalue weighted by molar-refractivity contribution is 0.251. The van der Waals surface area contributed by atoms with Crippen LogP contribution >= 0.6 is 0 Å². The van der Waals surface area contributed by atoms with Gasteiger partial charge in [-0.2, -0.15) is 5.10 Å². The van der Waals surface area contributed by atoms with Crippen molar-refractivity contribution in [2.75, 3.05) is 5.32 Å². The van der Waals surface area contributed by atoms with Crippen LogP contribution in [-0.2, 0) is 12.0 Å². The SMILES string of the molecule is Cc1ccc(-n2nc(C(C)(C)C)cc2NC(=O)NCc2ccccc2OC(N)=CC=N)cc1. The first-order chi connectivity index (χ1) is 15.7. The molecule has 0 unspecified atom stereocenters. The third-order valence-electron chi connectivity index (χ3n) is 4.89. The normalized spacial score (nSPS) is 11.7. The van der Waals surface area contributed by atoms with Crippen LogP contribution in [0, 0.1) is 12.3 Å². The number of amides is 2. The van der Waals surface area contributed by atoms with Crippen molar-refractivity contribution in [3.63, 3.8) is 0 Å². The van der Waals surface area contributed by atoms with Gasteiger partial charge in [-0.25, -0.2) is 9.48 Å². The van der Waals surface area contributed by atoms with Crippen molar-refractivity contribution in [1.29, 1.82) is 5.41 Å². The summed E-state index contributed by atoms with van der Waals surface area (Å²) in [6.07, 6.45) is 2.39. The van der Waals surface area contributed by atoms with Gasteiger partial charge < -0.3 is 21.2 Å². The number of hydrogen-bond acceptors (Lipinski definition) is 5. The number of ether oxygens (including phenoxy) is 1. The maximum Gasteiger partial charge on any atom is 0.320 e. The van der Waals surface area contributed by atoms with E-state index in [1.54, 1.807) is 10.7 Å². The number of carbonyl (C=O) groups is 1. The number of aromatic nitrogens is 2. The van der Waals surface area contributed by atoms with Crippen molar-refractivity contribution in [3.8, 4) is 11.4 Å². The van der Waals surface area contributed by atoms with Gasteiger partial charge in [-0.15, -0.1) is 0 Å². The highest BCUT2D eigenvalue weighted by Gasteiger charge is 2.21. The van der Waals surface area contributed by atoms with Crippen molar-refractivity contribution in [2.24, 2.45) is 5.73 Å². The number of rotatable bonds is 7. The summed E-state index contributed by atoms with van der Waals surface area (Å²) in [5, 5.41) is 17.6. The van der Waals surface area contributed by atoms with Crippen molar-refractivity contribution >= 4 is 18.1 Å². The zero-order chi connectivity index (χ0) is 24.0. The number of anilines is 1. The molecular formula is C25H30N6O2. The number of nitrogens with zero attached hydrogens (tertiary/aromatic N) is 2. The van der Waals surface area contributed by atoms with Crippen LogP contribution in [0.1, 0.15) is 37.6 Å². The number of benzene rings is 2. The van der Waals surface area contributed by atoms with Gasteiger partial charge in [0.2, 0.25) is 0 Å². The van der Waals surface area contributed by atoms with Crippen LogP contribution in [-0.4, -0.2) is 22.0 Å². The van der Waals surface area contributed by atoms with E-state index >= 15 is 0 Å². The summed E-state index contributed by atoms with van der Waals surface area (Å²) >= 11 is 0. The molecule has 1 aromatic heterocycles. The molecule has 0 aliphatic heterocycles. The van der Waals surface area contributed by atoms with E-state index in [1.165, 1.54) is 6.08 Å². The third kappa shape index (κ3) is 6.22. The standard InChI is InChI=1S/C25H30N6O2/c1-17-9-11-19(12-10-17)31-23(15-21(30-31)25(2,3)4)29-24(32)28-16-18-7-5-6-8-20(18)33-22(27)13-14-26/h5-15,26H,16,27H2,1-4H3,(H2,28,29,32). The summed E-state index contributed by atoms with van der Waals surface area (Å²) in [7, 11) is 0. The molecule has 0 radical (unpaired) electrons. The van der Waals surface area contributed by atoms with Gasteiger partial charge in [-0.1, -0.05) is 56.7 Å². The fourth-order valence-electron chi connectivity index (χ4n) is 3.05. The minimum absolute atomic E-state index is 0.0959. The molecule has 3 rings (SSSR count). The molecule has 8 nitrogen and oxygen atoms in total. The number of aryl methyl sites for hydroxylation is 1. The number of urea groups is 1. The number of hydrogen-bond donors (Lipinski definition) is 4. The van der Waals surface area contributed by atoms with Gasteiger partial charge in [0.1, 0.15) is 11.6 Å². The highest BCUT2D eigenvalue weighted by Crippen LogP contribution is 2.26. The highest BCUT2D eigenvalue weighted by atomic mass is 16.5. The molecule has 33 heavy (non-hydrogen) atoms. The van der Waals surface area contributed by atoms with Crippen LogP contribution < -0.4 is 21.1 Å². The first kappa shape index (κ1) is 23.6. The summed E-state index contributed by atoms with van der Waals surface area (Å²) in [6, 6.07) is 16.7. The topological polar surface area (TPSA) is 118 Å². The Morgan fingerprint density at radius 3 is 2.55 bits per heavy atom. The number of nitrogens with one attached hydrogen (secondary N) is 3. The lowest BCUT2D eigenvalue weighted by atomic mass is 9.92. The van der Waals surface area contributed by atoms with Gasteiger partial charge in [0.25, 0.3) is 0 Å². The Balaban J connectivity index is 1.77. The van der Waals surface area contributed by atoms with E-state index < -0.39 is 0 Å². The Morgan fingerprint density at radius 2 is 1.88 bits per heavy atom. The average Bonchev–Trinajstić information content (AvgIpc) is 3.18. The van der Waals surface area contributed by atoms with E-state index in [4.69, 9.17) is 21.0 Å². The molecular weight excluding hydrogens is 416 g/mol. The number of carbonyl (C=O) groups excluding carboxylic acids is 1. The molecule has 2 aromatic carbocycles. The zero-order valence-corrected chi connectivity index (χ0v) is 19.3. The minimum Gasteiger partial charge on any atom is -0.441 e. The van der Waals surface area contributed by atoms with Crippen molar-refractivity contribution < 1.29 is 9.53 Å². The summed E-state index contributed by atoms with van der Waals surface area (Å²) in [5.41, 5.74) is 9.18. The van der Waals surface area contributed by atoms with E-state index in [0.717, 1.165) is 28.7 Å². The van der Waals surface area contributed by atoms with Gasteiger partial charge in [0.05, 0.1) is 11.4 Å². The fraction of sp³-hybridized carbons (Fsp3) is 0.240. The van der Waals surface area contributed by atoms with Crippen LogP contribution in [0.2, 0.25) is 0 Å². The van der Waals surface area contributed by atoms with Crippen molar-refractivity contribution in [1.82, 2.24) is 15.1 Å². The smallest absolute Gasteiger partial charge is 0.320 e. The molecule has 5 N–H and O–H groups in total. The molecule has 0 fully saturated rings. The van der Waals surface area contributed by atoms with Gasteiger partial charge in [-0.05, 0) is 25.1 Å². The first-order valence-electron chi connectivity index (χ1n) is 10.6. The molecule has 0 bridgehead atoms. The zero-order valence-electron chi connectivity index (χ0n) is 19.3. The minimum atomic E-state index is -0.374. The van der Waals surface area contributed by atoms with Gasteiger partial charge in [0.15, 0.2) is 5.88 Å². The van der Waals surface area contributed by atoms with E-state index in [9.17, 15) is 4.79 Å². The van der Waals surface area contributed by atoms with Gasteiger partial charge >= 0.3 is 6.03 Å². The summed E-state index contributed by atoms with van der Waals surface area (Å²) in [5.74, 6) is 1.18. The molecule has 2 amide bonds. The quantitative estimate of drug-likeness (QED) is 0.313. The molecule has 0 aliphatic carbocycles. The maximum atomic E-state index is 12.7. The average molecular weight is 447 g/mol. The highest BCUT2D eigenvalue weighted by molar-refractivity contribution is 5.88. The predicted molar refractivity (Wildman–Crippen MR) is 131 cm³/mol. The molecule has 0 saturated carbocycles. The Hall–Kier alpha value is -4.07. The Bertz CT molecular complexity index is 1160. The van der Waals surface area contributed by atoms with Crippen molar-refractivity contribution in [2.45, 2.75) is 39.7 Å². The van der Waals surface area contributed by atoms with Crippen LogP contribution in [0.3, 0.4) is 0 Å². The second kappa shape index (κ2) is 10.0. The number of para-hydroxylation sites is 1. The molecule has 3 aromatic rings. The monoisotopic (exact) mass is 446 g/mol. The largest absolute Gasteiger partial charge is 0.441 e.